The molecule has 2 fully saturated rings. The van der Waals surface area contributed by atoms with Crippen LogP contribution in [0.4, 0.5) is 0 Å². The van der Waals surface area contributed by atoms with Gasteiger partial charge in [0.1, 0.15) is 0 Å². The van der Waals surface area contributed by atoms with Crippen LogP contribution in [0.3, 0.4) is 0 Å². The molecule has 2 aliphatic rings. The summed E-state index contributed by atoms with van der Waals surface area (Å²) in [5.74, 6) is -0.0360. The molecule has 3 rings (SSSR count). The number of benzene rings is 1. The minimum atomic E-state index is -3.51. The van der Waals surface area contributed by atoms with Gasteiger partial charge in [0.2, 0.25) is 10.0 Å². The number of nitrogens with one attached hydrogen (secondary N) is 1. The number of hydrogen-bond donors (Lipinski definition) is 1. The van der Waals surface area contributed by atoms with Crippen LogP contribution < -0.4 is 5.32 Å². The van der Waals surface area contributed by atoms with E-state index in [0.29, 0.717) is 18.7 Å². The number of carbonyl (C=O) groups excluding carboxylic acids is 1. The quantitative estimate of drug-likeness (QED) is 0.838. The third-order valence-corrected chi connectivity index (χ3v) is 7.20. The highest BCUT2D eigenvalue weighted by atomic mass is 35.5. The first kappa shape index (κ1) is 21.2. The molecule has 146 valence electrons. The maximum absolute atomic E-state index is 12.8. The summed E-state index contributed by atoms with van der Waals surface area (Å²) >= 11 is 0. The summed E-state index contributed by atoms with van der Waals surface area (Å²) < 4.78 is 27.2. The van der Waals surface area contributed by atoms with Crippen molar-refractivity contribution in [2.75, 3.05) is 33.2 Å². The molecule has 0 unspecified atom stereocenters. The van der Waals surface area contributed by atoms with E-state index in [4.69, 9.17) is 0 Å². The number of rotatable bonds is 4. The zero-order valence-electron chi connectivity index (χ0n) is 15.2. The number of amides is 1. The van der Waals surface area contributed by atoms with E-state index in [0.717, 1.165) is 38.8 Å². The number of piperazine rings is 1. The average molecular weight is 402 g/mol. The standard InChI is InChI=1S/C18H27N3O3S.ClH/c1-20(16-5-3-2-4-6-16)25(23,24)17-9-7-15(8-10-17)18(22)21-13-11-19-12-14-21;/h7-10,16,19H,2-6,11-14H2,1H3;1H. The number of sulfonamides is 1. The van der Waals surface area contributed by atoms with Gasteiger partial charge in [0.05, 0.1) is 4.90 Å². The van der Waals surface area contributed by atoms with Crippen LogP contribution in [0, 0.1) is 0 Å². The molecule has 1 saturated carbocycles. The lowest BCUT2D eigenvalue weighted by atomic mass is 9.96. The van der Waals surface area contributed by atoms with Gasteiger partial charge in [-0.15, -0.1) is 12.4 Å². The second-order valence-corrected chi connectivity index (χ2v) is 8.88. The highest BCUT2D eigenvalue weighted by Gasteiger charge is 2.29. The predicted molar refractivity (Wildman–Crippen MR) is 104 cm³/mol. The van der Waals surface area contributed by atoms with Crippen molar-refractivity contribution in [2.45, 2.75) is 43.0 Å². The Balaban J connectivity index is 0.00000243. The lowest BCUT2D eigenvalue weighted by molar-refractivity contribution is 0.0735. The van der Waals surface area contributed by atoms with Gasteiger partial charge in [0.15, 0.2) is 0 Å². The summed E-state index contributed by atoms with van der Waals surface area (Å²) in [4.78, 5) is 14.5. The highest BCUT2D eigenvalue weighted by Crippen LogP contribution is 2.26. The summed E-state index contributed by atoms with van der Waals surface area (Å²) in [6.45, 7) is 2.96. The van der Waals surface area contributed by atoms with Gasteiger partial charge in [0.25, 0.3) is 5.91 Å². The van der Waals surface area contributed by atoms with Crippen molar-refractivity contribution in [3.05, 3.63) is 29.8 Å². The van der Waals surface area contributed by atoms with Crippen LogP contribution in [0.2, 0.25) is 0 Å². The van der Waals surface area contributed by atoms with E-state index in [2.05, 4.69) is 5.32 Å². The van der Waals surface area contributed by atoms with Crippen molar-refractivity contribution >= 4 is 28.3 Å². The SMILES string of the molecule is CN(C1CCCCC1)S(=O)(=O)c1ccc(C(=O)N2CCNCC2)cc1.Cl. The van der Waals surface area contributed by atoms with E-state index in [1.54, 1.807) is 36.2 Å². The van der Waals surface area contributed by atoms with E-state index in [1.807, 2.05) is 0 Å². The van der Waals surface area contributed by atoms with Gasteiger partial charge in [-0.2, -0.15) is 4.31 Å². The van der Waals surface area contributed by atoms with Gasteiger partial charge in [-0.1, -0.05) is 19.3 Å². The van der Waals surface area contributed by atoms with Crippen molar-refractivity contribution in [1.29, 1.82) is 0 Å². The molecule has 1 aliphatic carbocycles. The Morgan fingerprint density at radius 1 is 1.08 bits per heavy atom. The molecule has 0 bridgehead atoms. The van der Waals surface area contributed by atoms with Crippen molar-refractivity contribution < 1.29 is 13.2 Å². The van der Waals surface area contributed by atoms with E-state index in [-0.39, 0.29) is 29.3 Å². The minimum absolute atomic E-state index is 0. The maximum atomic E-state index is 12.8. The van der Waals surface area contributed by atoms with Crippen LogP contribution >= 0.6 is 12.4 Å². The van der Waals surface area contributed by atoms with Crippen LogP contribution in [0.15, 0.2) is 29.2 Å². The van der Waals surface area contributed by atoms with Crippen molar-refractivity contribution in [2.24, 2.45) is 0 Å². The molecule has 1 aliphatic heterocycles. The largest absolute Gasteiger partial charge is 0.336 e. The lowest BCUT2D eigenvalue weighted by Crippen LogP contribution is -2.46. The summed E-state index contributed by atoms with van der Waals surface area (Å²) in [5, 5.41) is 3.21. The summed E-state index contributed by atoms with van der Waals surface area (Å²) in [5.41, 5.74) is 0.543. The molecule has 1 saturated heterocycles. The Morgan fingerprint density at radius 2 is 1.65 bits per heavy atom. The minimum Gasteiger partial charge on any atom is -0.336 e. The Morgan fingerprint density at radius 3 is 2.23 bits per heavy atom. The summed E-state index contributed by atoms with van der Waals surface area (Å²) in [6, 6.07) is 6.47. The fraction of sp³-hybridized carbons (Fsp3) is 0.611. The maximum Gasteiger partial charge on any atom is 0.253 e. The van der Waals surface area contributed by atoms with Crippen molar-refractivity contribution in [3.63, 3.8) is 0 Å². The Labute approximate surface area is 162 Å². The number of hydrogen-bond acceptors (Lipinski definition) is 4. The smallest absolute Gasteiger partial charge is 0.253 e. The first-order valence-electron chi connectivity index (χ1n) is 9.08. The molecule has 0 radical (unpaired) electrons. The van der Waals surface area contributed by atoms with Crippen molar-refractivity contribution in [3.8, 4) is 0 Å². The molecule has 0 atom stereocenters. The Bertz CT molecular complexity index is 697. The second kappa shape index (κ2) is 9.17. The lowest BCUT2D eigenvalue weighted by Gasteiger charge is -2.30. The molecular formula is C18H28ClN3O3S. The molecule has 8 heteroatoms. The van der Waals surface area contributed by atoms with Gasteiger partial charge in [0, 0.05) is 44.8 Å². The summed E-state index contributed by atoms with van der Waals surface area (Å²) in [6.07, 6.45) is 5.21. The highest BCUT2D eigenvalue weighted by molar-refractivity contribution is 7.89. The summed E-state index contributed by atoms with van der Waals surface area (Å²) in [7, 11) is -1.84. The number of halogens is 1. The number of carbonyl (C=O) groups is 1. The Hall–Kier alpha value is -1.15. The van der Waals surface area contributed by atoms with E-state index >= 15 is 0 Å². The van der Waals surface area contributed by atoms with Crippen LogP contribution in [0.1, 0.15) is 42.5 Å². The molecule has 1 aromatic carbocycles. The van der Waals surface area contributed by atoms with Gasteiger partial charge in [-0.25, -0.2) is 8.42 Å². The normalized spacial score (nSPS) is 19.2. The molecule has 26 heavy (non-hydrogen) atoms. The van der Waals surface area contributed by atoms with Crippen LogP contribution in [0.25, 0.3) is 0 Å². The molecule has 1 amide bonds. The fourth-order valence-corrected chi connectivity index (χ4v) is 5.04. The topological polar surface area (TPSA) is 69.7 Å². The van der Waals surface area contributed by atoms with E-state index < -0.39 is 10.0 Å². The van der Waals surface area contributed by atoms with Gasteiger partial charge < -0.3 is 10.2 Å². The average Bonchev–Trinajstić information content (AvgIpc) is 2.68. The van der Waals surface area contributed by atoms with Gasteiger partial charge in [-0.3, -0.25) is 4.79 Å². The van der Waals surface area contributed by atoms with Crippen LogP contribution in [-0.4, -0.2) is 62.8 Å². The monoisotopic (exact) mass is 401 g/mol. The zero-order valence-corrected chi connectivity index (χ0v) is 16.8. The first-order valence-corrected chi connectivity index (χ1v) is 10.5. The van der Waals surface area contributed by atoms with Crippen molar-refractivity contribution in [1.82, 2.24) is 14.5 Å². The molecule has 6 nitrogen and oxygen atoms in total. The number of nitrogens with zero attached hydrogens (tertiary/aromatic N) is 2. The third kappa shape index (κ3) is 4.57. The Kier molecular flexibility index (Phi) is 7.46. The van der Waals surface area contributed by atoms with E-state index in [9.17, 15) is 13.2 Å². The molecule has 1 heterocycles. The molecule has 0 spiro atoms. The third-order valence-electron chi connectivity index (χ3n) is 5.27. The molecule has 1 N–H and O–H groups in total. The van der Waals surface area contributed by atoms with Gasteiger partial charge >= 0.3 is 0 Å². The molecular weight excluding hydrogens is 374 g/mol. The fourth-order valence-electron chi connectivity index (χ4n) is 3.63. The zero-order chi connectivity index (χ0) is 17.9. The molecule has 1 aromatic rings. The van der Waals surface area contributed by atoms with Crippen LogP contribution in [-0.2, 0) is 10.0 Å². The van der Waals surface area contributed by atoms with Crippen LogP contribution in [0.5, 0.6) is 0 Å². The first-order chi connectivity index (χ1) is 12.0. The molecule has 0 aromatic heterocycles. The van der Waals surface area contributed by atoms with E-state index in [1.165, 1.54) is 10.7 Å². The predicted octanol–water partition coefficient (Wildman–Crippen LogP) is 2.11. The van der Waals surface area contributed by atoms with Gasteiger partial charge in [-0.05, 0) is 37.1 Å². The second-order valence-electron chi connectivity index (χ2n) is 6.88.